The van der Waals surface area contributed by atoms with Crippen molar-refractivity contribution in [3.63, 3.8) is 0 Å². The molecular formula is C29H31N4O4S-. The Morgan fingerprint density at radius 2 is 1.82 bits per heavy atom. The standard InChI is InChI=1S/C29H32N4O4S/c1-31(20-22-6-4-7-23(18-22)21-38(35)36)29(34)27-19-24-8-5-10-26(28(24)37-27)33-16-14-32(15-17-33)13-11-25-9-2-3-12-30-25/h2-10,12,18-19H,11,13-17,20-21H2,1H3,(H,35,36)/p-1. The van der Waals surface area contributed by atoms with Gasteiger partial charge in [0.05, 0.1) is 5.69 Å². The normalized spacial score (nSPS) is 15.1. The molecule has 38 heavy (non-hydrogen) atoms. The van der Waals surface area contributed by atoms with Crippen LogP contribution in [0.4, 0.5) is 5.69 Å². The number of pyridine rings is 1. The van der Waals surface area contributed by atoms with Gasteiger partial charge >= 0.3 is 0 Å². The van der Waals surface area contributed by atoms with Crippen LogP contribution in [0.15, 0.2) is 77.3 Å². The number of aromatic nitrogens is 1. The number of benzene rings is 2. The molecular weight excluding hydrogens is 500 g/mol. The van der Waals surface area contributed by atoms with E-state index in [-0.39, 0.29) is 11.7 Å². The van der Waals surface area contributed by atoms with Crippen LogP contribution in [-0.2, 0) is 29.8 Å². The maximum atomic E-state index is 13.2. The van der Waals surface area contributed by atoms with Crippen molar-refractivity contribution in [1.29, 1.82) is 0 Å². The van der Waals surface area contributed by atoms with Gasteiger partial charge in [-0.1, -0.05) is 53.5 Å². The second-order valence-corrected chi connectivity index (χ2v) is 10.5. The van der Waals surface area contributed by atoms with E-state index in [0.29, 0.717) is 17.9 Å². The molecule has 5 rings (SSSR count). The van der Waals surface area contributed by atoms with Crippen molar-refractivity contribution >= 4 is 33.6 Å². The molecule has 0 aliphatic carbocycles. The molecule has 0 N–H and O–H groups in total. The number of para-hydroxylation sites is 1. The van der Waals surface area contributed by atoms with Crippen molar-refractivity contribution in [2.24, 2.45) is 0 Å². The van der Waals surface area contributed by atoms with Crippen LogP contribution in [0.3, 0.4) is 0 Å². The number of piperazine rings is 1. The van der Waals surface area contributed by atoms with Crippen molar-refractivity contribution in [2.75, 3.05) is 44.7 Å². The summed E-state index contributed by atoms with van der Waals surface area (Å²) in [6.45, 7) is 5.02. The predicted molar refractivity (Wildman–Crippen MR) is 148 cm³/mol. The van der Waals surface area contributed by atoms with E-state index in [1.165, 1.54) is 0 Å². The zero-order valence-electron chi connectivity index (χ0n) is 21.4. The highest BCUT2D eigenvalue weighted by Crippen LogP contribution is 2.31. The Morgan fingerprint density at radius 1 is 1.03 bits per heavy atom. The fourth-order valence-electron chi connectivity index (χ4n) is 4.92. The first-order valence-electron chi connectivity index (χ1n) is 12.8. The largest absolute Gasteiger partial charge is 0.772 e. The molecule has 1 atom stereocenters. The van der Waals surface area contributed by atoms with E-state index in [2.05, 4.69) is 26.9 Å². The van der Waals surface area contributed by atoms with E-state index in [1.54, 1.807) is 24.1 Å². The van der Waals surface area contributed by atoms with E-state index in [4.69, 9.17) is 4.42 Å². The van der Waals surface area contributed by atoms with Crippen LogP contribution in [0, 0.1) is 0 Å². The molecule has 0 spiro atoms. The highest BCUT2D eigenvalue weighted by molar-refractivity contribution is 7.78. The van der Waals surface area contributed by atoms with Crippen LogP contribution in [0.5, 0.6) is 0 Å². The second kappa shape index (κ2) is 11.9. The number of fused-ring (bicyclic) bond motifs is 1. The molecule has 2 aromatic carbocycles. The number of hydrogen-bond donors (Lipinski definition) is 0. The molecule has 0 radical (unpaired) electrons. The van der Waals surface area contributed by atoms with Gasteiger partial charge in [-0.3, -0.25) is 18.9 Å². The average Bonchev–Trinajstić information content (AvgIpc) is 3.37. The van der Waals surface area contributed by atoms with Crippen LogP contribution in [0.1, 0.15) is 27.4 Å². The van der Waals surface area contributed by atoms with Crippen LogP contribution in [0.25, 0.3) is 11.0 Å². The third kappa shape index (κ3) is 6.30. The Labute approximate surface area is 225 Å². The Balaban J connectivity index is 1.23. The molecule has 0 saturated carbocycles. The number of anilines is 1. The number of carbonyl (C=O) groups excluding carboxylic acids is 1. The summed E-state index contributed by atoms with van der Waals surface area (Å²) < 4.78 is 28.2. The van der Waals surface area contributed by atoms with Crippen LogP contribution in [-0.4, -0.2) is 69.2 Å². The van der Waals surface area contributed by atoms with E-state index < -0.39 is 11.1 Å². The Kier molecular flexibility index (Phi) is 8.17. The first-order chi connectivity index (χ1) is 18.5. The summed E-state index contributed by atoms with van der Waals surface area (Å²) in [5.41, 5.74) is 4.41. The lowest BCUT2D eigenvalue weighted by Crippen LogP contribution is -2.47. The maximum absolute atomic E-state index is 13.2. The second-order valence-electron chi connectivity index (χ2n) is 9.64. The molecule has 1 saturated heterocycles. The number of rotatable bonds is 9. The van der Waals surface area contributed by atoms with Gasteiger partial charge in [-0.2, -0.15) is 0 Å². The average molecular weight is 532 g/mol. The third-order valence-electron chi connectivity index (χ3n) is 6.90. The number of hydrogen-bond acceptors (Lipinski definition) is 7. The fraction of sp³-hybridized carbons (Fsp3) is 0.310. The zero-order valence-corrected chi connectivity index (χ0v) is 22.2. The van der Waals surface area contributed by atoms with Crippen LogP contribution in [0.2, 0.25) is 0 Å². The van der Waals surface area contributed by atoms with Gasteiger partial charge in [0.1, 0.15) is 0 Å². The van der Waals surface area contributed by atoms with E-state index in [9.17, 15) is 13.6 Å². The van der Waals surface area contributed by atoms with E-state index in [0.717, 1.165) is 67.1 Å². The Bertz CT molecular complexity index is 1420. The minimum Gasteiger partial charge on any atom is -0.772 e. The van der Waals surface area contributed by atoms with Gasteiger partial charge in [0, 0.05) is 75.8 Å². The minimum atomic E-state index is -2.16. The molecule has 0 bridgehead atoms. The lowest BCUT2D eigenvalue weighted by Gasteiger charge is -2.36. The molecule has 8 nitrogen and oxygen atoms in total. The van der Waals surface area contributed by atoms with Crippen molar-refractivity contribution in [3.8, 4) is 0 Å². The lowest BCUT2D eigenvalue weighted by molar-refractivity contribution is 0.0756. The summed E-state index contributed by atoms with van der Waals surface area (Å²) in [4.78, 5) is 24.0. The lowest BCUT2D eigenvalue weighted by atomic mass is 10.1. The van der Waals surface area contributed by atoms with Crippen molar-refractivity contribution < 1.29 is 18.0 Å². The first-order valence-corrected chi connectivity index (χ1v) is 14.0. The van der Waals surface area contributed by atoms with Crippen LogP contribution < -0.4 is 4.90 Å². The zero-order chi connectivity index (χ0) is 26.5. The SMILES string of the molecule is CN(Cc1cccc(CS(=O)[O-])c1)C(=O)c1cc2cccc(N3CCN(CCc4ccccn4)CC3)c2o1. The molecule has 2 aromatic heterocycles. The third-order valence-corrected chi connectivity index (χ3v) is 7.47. The molecule has 1 fully saturated rings. The summed E-state index contributed by atoms with van der Waals surface area (Å²) in [6.07, 6.45) is 2.78. The minimum absolute atomic E-state index is 0.0453. The Morgan fingerprint density at radius 3 is 2.58 bits per heavy atom. The fourth-order valence-corrected chi connectivity index (χ4v) is 5.37. The molecule has 1 amide bonds. The van der Waals surface area contributed by atoms with Gasteiger partial charge in [-0.05, 0) is 35.4 Å². The Hall–Kier alpha value is -3.53. The smallest absolute Gasteiger partial charge is 0.289 e. The van der Waals surface area contributed by atoms with Crippen LogP contribution >= 0.6 is 0 Å². The maximum Gasteiger partial charge on any atom is 0.289 e. The quantitative estimate of drug-likeness (QED) is 0.303. The number of furan rings is 1. The summed E-state index contributed by atoms with van der Waals surface area (Å²) in [5.74, 6) is 0.0288. The van der Waals surface area contributed by atoms with Crippen molar-refractivity contribution in [2.45, 2.75) is 18.7 Å². The van der Waals surface area contributed by atoms with Gasteiger partial charge in [0.2, 0.25) is 0 Å². The number of nitrogens with zero attached hydrogens (tertiary/aromatic N) is 4. The summed E-state index contributed by atoms with van der Waals surface area (Å²) in [7, 11) is 1.72. The highest BCUT2D eigenvalue weighted by Gasteiger charge is 2.23. The molecule has 1 unspecified atom stereocenters. The molecule has 198 valence electrons. The molecule has 9 heteroatoms. The predicted octanol–water partition coefficient (Wildman–Crippen LogP) is 3.84. The molecule has 1 aliphatic rings. The molecule has 1 aliphatic heterocycles. The van der Waals surface area contributed by atoms with Gasteiger partial charge in [-0.25, -0.2) is 0 Å². The summed E-state index contributed by atoms with van der Waals surface area (Å²) in [6, 6.07) is 21.1. The van der Waals surface area contributed by atoms with Gasteiger partial charge in [0.25, 0.3) is 5.91 Å². The first kappa shape index (κ1) is 26.1. The topological polar surface area (TPSA) is 93.0 Å². The highest BCUT2D eigenvalue weighted by atomic mass is 32.2. The van der Waals surface area contributed by atoms with Gasteiger partial charge < -0.3 is 18.8 Å². The number of carbonyl (C=O) groups is 1. The van der Waals surface area contributed by atoms with Gasteiger partial charge in [-0.15, -0.1) is 0 Å². The van der Waals surface area contributed by atoms with E-state index in [1.807, 2.05) is 48.7 Å². The molecule has 3 heterocycles. The van der Waals surface area contributed by atoms with E-state index >= 15 is 0 Å². The number of amides is 1. The molecule has 4 aromatic rings. The summed E-state index contributed by atoms with van der Waals surface area (Å²) in [5, 5.41) is 0.900. The monoisotopic (exact) mass is 531 g/mol. The van der Waals surface area contributed by atoms with Crippen molar-refractivity contribution in [3.05, 3.63) is 95.5 Å². The summed E-state index contributed by atoms with van der Waals surface area (Å²) >= 11 is -2.16. The van der Waals surface area contributed by atoms with Gasteiger partial charge in [0.15, 0.2) is 11.3 Å². The van der Waals surface area contributed by atoms with Crippen molar-refractivity contribution in [1.82, 2.24) is 14.8 Å².